The lowest BCUT2D eigenvalue weighted by Crippen LogP contribution is -2.10. The highest BCUT2D eigenvalue weighted by Crippen LogP contribution is 2.29. The molecule has 3 rings (SSSR count). The zero-order valence-electron chi connectivity index (χ0n) is 10.9. The number of pyridine rings is 1. The fraction of sp³-hybridized carbons (Fsp3) is 0.188. The van der Waals surface area contributed by atoms with Gasteiger partial charge >= 0.3 is 0 Å². The van der Waals surface area contributed by atoms with E-state index in [1.807, 2.05) is 36.7 Å². The molecule has 0 aliphatic carbocycles. The highest BCUT2D eigenvalue weighted by Gasteiger charge is 2.08. The molecular weight excluding hydrogens is 236 g/mol. The minimum atomic E-state index is 0.763. The van der Waals surface area contributed by atoms with Gasteiger partial charge in [-0.2, -0.15) is 0 Å². The van der Waals surface area contributed by atoms with Crippen LogP contribution in [0, 0.1) is 0 Å². The number of hydrogen-bond donors (Lipinski definition) is 1. The van der Waals surface area contributed by atoms with Gasteiger partial charge in [0.05, 0.1) is 6.54 Å². The van der Waals surface area contributed by atoms with Gasteiger partial charge in [-0.1, -0.05) is 25.1 Å². The predicted molar refractivity (Wildman–Crippen MR) is 76.8 cm³/mol. The average molecular weight is 252 g/mol. The van der Waals surface area contributed by atoms with Gasteiger partial charge in [-0.05, 0) is 30.1 Å². The van der Waals surface area contributed by atoms with Gasteiger partial charge in [0.25, 0.3) is 0 Å². The largest absolute Gasteiger partial charge is 0.460 e. The standard InChI is InChI=1S/C16H16N2O/c1-2-17-10-13-6-7-16(19-13)14-5-3-4-12-8-9-18-11-15(12)14/h3-9,11,17H,2,10H2,1H3. The minimum absolute atomic E-state index is 0.763. The van der Waals surface area contributed by atoms with Gasteiger partial charge < -0.3 is 9.73 Å². The van der Waals surface area contributed by atoms with E-state index in [9.17, 15) is 0 Å². The molecule has 0 radical (unpaired) electrons. The molecule has 1 N–H and O–H groups in total. The third kappa shape index (κ3) is 2.37. The highest BCUT2D eigenvalue weighted by atomic mass is 16.3. The Bertz CT molecular complexity index is 683. The van der Waals surface area contributed by atoms with Crippen LogP contribution in [0.25, 0.3) is 22.1 Å². The number of nitrogens with zero attached hydrogens (tertiary/aromatic N) is 1. The summed E-state index contributed by atoms with van der Waals surface area (Å²) in [6.45, 7) is 3.79. The van der Waals surface area contributed by atoms with Gasteiger partial charge in [-0.15, -0.1) is 0 Å². The summed E-state index contributed by atoms with van der Waals surface area (Å²) in [4.78, 5) is 4.20. The van der Waals surface area contributed by atoms with E-state index in [0.29, 0.717) is 0 Å². The molecule has 0 fully saturated rings. The minimum Gasteiger partial charge on any atom is -0.460 e. The average Bonchev–Trinajstić information content (AvgIpc) is 2.93. The molecule has 19 heavy (non-hydrogen) atoms. The lowest BCUT2D eigenvalue weighted by Gasteiger charge is -2.03. The molecule has 0 aliphatic rings. The quantitative estimate of drug-likeness (QED) is 0.771. The van der Waals surface area contributed by atoms with Crippen LogP contribution in [-0.4, -0.2) is 11.5 Å². The van der Waals surface area contributed by atoms with Crippen molar-refractivity contribution in [3.05, 3.63) is 54.6 Å². The molecule has 0 atom stereocenters. The van der Waals surface area contributed by atoms with E-state index in [1.54, 1.807) is 0 Å². The number of fused-ring (bicyclic) bond motifs is 1. The first-order valence-electron chi connectivity index (χ1n) is 6.51. The van der Waals surface area contributed by atoms with Crippen LogP contribution < -0.4 is 5.32 Å². The van der Waals surface area contributed by atoms with Crippen molar-refractivity contribution >= 4 is 10.8 Å². The monoisotopic (exact) mass is 252 g/mol. The van der Waals surface area contributed by atoms with Gasteiger partial charge in [-0.25, -0.2) is 0 Å². The first kappa shape index (κ1) is 11.9. The lowest BCUT2D eigenvalue weighted by molar-refractivity contribution is 0.499. The van der Waals surface area contributed by atoms with Crippen LogP contribution in [0.3, 0.4) is 0 Å². The molecule has 0 saturated heterocycles. The van der Waals surface area contributed by atoms with Crippen molar-refractivity contribution in [1.82, 2.24) is 10.3 Å². The smallest absolute Gasteiger partial charge is 0.135 e. The maximum Gasteiger partial charge on any atom is 0.135 e. The SMILES string of the molecule is CCNCc1ccc(-c2cccc3ccncc23)o1. The Morgan fingerprint density at radius 2 is 2.11 bits per heavy atom. The summed E-state index contributed by atoms with van der Waals surface area (Å²) < 4.78 is 5.89. The Morgan fingerprint density at radius 1 is 1.16 bits per heavy atom. The molecule has 3 nitrogen and oxygen atoms in total. The van der Waals surface area contributed by atoms with Crippen LogP contribution >= 0.6 is 0 Å². The fourth-order valence-corrected chi connectivity index (χ4v) is 2.19. The van der Waals surface area contributed by atoms with E-state index in [0.717, 1.165) is 35.6 Å². The van der Waals surface area contributed by atoms with Gasteiger partial charge in [0.2, 0.25) is 0 Å². The van der Waals surface area contributed by atoms with Gasteiger partial charge in [-0.3, -0.25) is 4.98 Å². The van der Waals surface area contributed by atoms with Crippen LogP contribution in [0.5, 0.6) is 0 Å². The van der Waals surface area contributed by atoms with Gasteiger partial charge in [0.1, 0.15) is 11.5 Å². The number of aromatic nitrogens is 1. The Morgan fingerprint density at radius 3 is 3.00 bits per heavy atom. The molecule has 0 aliphatic heterocycles. The molecular formula is C16H16N2O. The van der Waals surface area contributed by atoms with E-state index < -0.39 is 0 Å². The fourth-order valence-electron chi connectivity index (χ4n) is 2.19. The van der Waals surface area contributed by atoms with Crippen molar-refractivity contribution in [2.24, 2.45) is 0 Å². The van der Waals surface area contributed by atoms with Gasteiger partial charge in [0, 0.05) is 23.3 Å². The molecule has 0 unspecified atom stereocenters. The van der Waals surface area contributed by atoms with Crippen LogP contribution in [0.2, 0.25) is 0 Å². The summed E-state index contributed by atoms with van der Waals surface area (Å²) in [5, 5.41) is 5.56. The van der Waals surface area contributed by atoms with Crippen molar-refractivity contribution in [1.29, 1.82) is 0 Å². The molecule has 0 bridgehead atoms. The summed E-state index contributed by atoms with van der Waals surface area (Å²) >= 11 is 0. The zero-order chi connectivity index (χ0) is 13.1. The van der Waals surface area contributed by atoms with E-state index in [4.69, 9.17) is 4.42 Å². The molecule has 1 aromatic carbocycles. The second kappa shape index (κ2) is 5.24. The van der Waals surface area contributed by atoms with Crippen molar-refractivity contribution < 1.29 is 4.42 Å². The molecule has 2 aromatic heterocycles. The van der Waals surface area contributed by atoms with Gasteiger partial charge in [0.15, 0.2) is 0 Å². The second-order valence-corrected chi connectivity index (χ2v) is 4.45. The van der Waals surface area contributed by atoms with Crippen molar-refractivity contribution in [2.45, 2.75) is 13.5 Å². The molecule has 2 heterocycles. The molecule has 0 saturated carbocycles. The van der Waals surface area contributed by atoms with Crippen LogP contribution in [-0.2, 0) is 6.54 Å². The Hall–Kier alpha value is -2.13. The summed E-state index contributed by atoms with van der Waals surface area (Å²) in [6.07, 6.45) is 3.70. The first-order chi connectivity index (χ1) is 9.38. The molecule has 3 aromatic rings. The maximum absolute atomic E-state index is 5.89. The highest BCUT2D eigenvalue weighted by molar-refractivity contribution is 5.94. The topological polar surface area (TPSA) is 38.1 Å². The van der Waals surface area contributed by atoms with Crippen molar-refractivity contribution in [2.75, 3.05) is 6.54 Å². The third-order valence-corrected chi connectivity index (χ3v) is 3.16. The Balaban J connectivity index is 2.02. The number of hydrogen-bond acceptors (Lipinski definition) is 3. The number of rotatable bonds is 4. The van der Waals surface area contributed by atoms with Crippen molar-refractivity contribution in [3.63, 3.8) is 0 Å². The number of nitrogens with one attached hydrogen (secondary N) is 1. The third-order valence-electron chi connectivity index (χ3n) is 3.16. The summed E-state index contributed by atoms with van der Waals surface area (Å²) in [7, 11) is 0. The molecule has 0 amide bonds. The first-order valence-corrected chi connectivity index (χ1v) is 6.51. The molecule has 96 valence electrons. The summed E-state index contributed by atoms with van der Waals surface area (Å²) in [6, 6.07) is 12.3. The number of furan rings is 1. The lowest BCUT2D eigenvalue weighted by atomic mass is 10.1. The zero-order valence-corrected chi connectivity index (χ0v) is 10.9. The molecule has 0 spiro atoms. The Kier molecular flexibility index (Phi) is 3.29. The van der Waals surface area contributed by atoms with E-state index >= 15 is 0 Å². The van der Waals surface area contributed by atoms with E-state index in [1.165, 1.54) is 5.39 Å². The maximum atomic E-state index is 5.89. The summed E-state index contributed by atoms with van der Waals surface area (Å²) in [5.74, 6) is 1.85. The molecule has 3 heteroatoms. The van der Waals surface area contributed by atoms with E-state index in [-0.39, 0.29) is 0 Å². The van der Waals surface area contributed by atoms with Crippen molar-refractivity contribution in [3.8, 4) is 11.3 Å². The van der Waals surface area contributed by atoms with E-state index in [2.05, 4.69) is 29.4 Å². The summed E-state index contributed by atoms with van der Waals surface area (Å²) in [5.41, 5.74) is 1.09. The van der Waals surface area contributed by atoms with Crippen LogP contribution in [0.1, 0.15) is 12.7 Å². The number of benzene rings is 1. The van der Waals surface area contributed by atoms with Crippen LogP contribution in [0.4, 0.5) is 0 Å². The normalized spacial score (nSPS) is 11.0. The predicted octanol–water partition coefficient (Wildman–Crippen LogP) is 3.60. The van der Waals surface area contributed by atoms with Crippen LogP contribution in [0.15, 0.2) is 53.2 Å². The second-order valence-electron chi connectivity index (χ2n) is 4.45. The Labute approximate surface area is 112 Å².